The van der Waals surface area contributed by atoms with Crippen LogP contribution in [0.1, 0.15) is 47.0 Å². The highest BCUT2D eigenvalue weighted by atomic mass is 16.3. The molecule has 0 aromatic rings. The van der Waals surface area contributed by atoms with Gasteiger partial charge in [-0.05, 0) is 17.8 Å². The maximum atomic E-state index is 12.0. The second kappa shape index (κ2) is 5.17. The molecule has 1 heterocycles. The minimum atomic E-state index is -0.355. The fraction of sp³-hybridized carbons (Fsp3) is 0.846. The lowest BCUT2D eigenvalue weighted by Gasteiger charge is -2.38. The number of imide groups is 1. The van der Waals surface area contributed by atoms with Gasteiger partial charge in [0.05, 0.1) is 12.6 Å². The Morgan fingerprint density at radius 2 is 1.71 bits per heavy atom. The average Bonchev–Trinajstić information content (AvgIpc) is 2.12. The minimum absolute atomic E-state index is 0.143. The summed E-state index contributed by atoms with van der Waals surface area (Å²) in [6, 6.07) is -0.355. The Kier molecular flexibility index (Phi) is 4.31. The van der Waals surface area contributed by atoms with Crippen molar-refractivity contribution in [3.63, 3.8) is 0 Å². The molecule has 4 heteroatoms. The number of piperidine rings is 1. The topological polar surface area (TPSA) is 57.6 Å². The molecule has 1 fully saturated rings. The summed E-state index contributed by atoms with van der Waals surface area (Å²) in [4.78, 5) is 25.3. The summed E-state index contributed by atoms with van der Waals surface area (Å²) in [7, 11) is 0. The molecule has 1 atom stereocenters. The molecule has 2 amide bonds. The lowest BCUT2D eigenvalue weighted by atomic mass is 9.81. The Hall–Kier alpha value is -0.900. The van der Waals surface area contributed by atoms with Crippen LogP contribution in [0.15, 0.2) is 0 Å². The zero-order valence-corrected chi connectivity index (χ0v) is 11.2. The summed E-state index contributed by atoms with van der Waals surface area (Å²) in [6.07, 6.45) is 1.43. The number of carbonyl (C=O) groups is 2. The fourth-order valence-electron chi connectivity index (χ4n) is 2.40. The predicted molar refractivity (Wildman–Crippen MR) is 65.2 cm³/mol. The van der Waals surface area contributed by atoms with Crippen LogP contribution in [-0.4, -0.2) is 34.5 Å². The third-order valence-electron chi connectivity index (χ3n) is 3.12. The van der Waals surface area contributed by atoms with Crippen LogP contribution in [0.25, 0.3) is 0 Å². The number of likely N-dealkylation sites (tertiary alicyclic amines) is 1. The number of carbonyl (C=O) groups excluding carboxylic acids is 2. The number of rotatable bonds is 4. The molecule has 0 radical (unpaired) electrons. The van der Waals surface area contributed by atoms with Gasteiger partial charge in [-0.1, -0.05) is 27.7 Å². The van der Waals surface area contributed by atoms with Crippen LogP contribution < -0.4 is 0 Å². The van der Waals surface area contributed by atoms with Crippen LogP contribution in [0.2, 0.25) is 0 Å². The summed E-state index contributed by atoms with van der Waals surface area (Å²) in [5.41, 5.74) is -0.248. The van der Waals surface area contributed by atoms with E-state index in [1.807, 2.05) is 27.7 Å². The molecule has 17 heavy (non-hydrogen) atoms. The van der Waals surface area contributed by atoms with Crippen molar-refractivity contribution in [1.29, 1.82) is 0 Å². The molecule has 1 aliphatic heterocycles. The molecule has 0 bridgehead atoms. The summed E-state index contributed by atoms with van der Waals surface area (Å²) in [6.45, 7) is 7.75. The Labute approximate surface area is 103 Å². The largest absolute Gasteiger partial charge is 0.394 e. The molecule has 98 valence electrons. The average molecular weight is 241 g/mol. The molecule has 1 rings (SSSR count). The number of hydrogen-bond donors (Lipinski definition) is 1. The normalized spacial score (nSPS) is 22.1. The Bertz CT molecular complexity index is 290. The van der Waals surface area contributed by atoms with Gasteiger partial charge in [-0.3, -0.25) is 14.5 Å². The van der Waals surface area contributed by atoms with Crippen molar-refractivity contribution in [3.05, 3.63) is 0 Å². The zero-order chi connectivity index (χ0) is 13.2. The van der Waals surface area contributed by atoms with Crippen LogP contribution in [-0.2, 0) is 9.59 Å². The van der Waals surface area contributed by atoms with Crippen molar-refractivity contribution in [1.82, 2.24) is 4.90 Å². The second-order valence-corrected chi connectivity index (χ2v) is 6.14. The van der Waals surface area contributed by atoms with Crippen LogP contribution in [0.3, 0.4) is 0 Å². The molecular weight excluding hydrogens is 218 g/mol. The molecule has 0 spiro atoms. The van der Waals surface area contributed by atoms with E-state index < -0.39 is 0 Å². The van der Waals surface area contributed by atoms with Gasteiger partial charge in [0.2, 0.25) is 11.8 Å². The van der Waals surface area contributed by atoms with E-state index in [-0.39, 0.29) is 29.9 Å². The molecule has 1 N–H and O–H groups in total. The Morgan fingerprint density at radius 3 is 2.06 bits per heavy atom. The van der Waals surface area contributed by atoms with E-state index in [4.69, 9.17) is 0 Å². The van der Waals surface area contributed by atoms with E-state index in [0.717, 1.165) is 0 Å². The molecule has 0 saturated carbocycles. The summed E-state index contributed by atoms with van der Waals surface area (Å²) in [5, 5.41) is 9.35. The second-order valence-electron chi connectivity index (χ2n) is 6.14. The van der Waals surface area contributed by atoms with Gasteiger partial charge in [0.25, 0.3) is 0 Å². The van der Waals surface area contributed by atoms with E-state index >= 15 is 0 Å². The van der Waals surface area contributed by atoms with Crippen LogP contribution in [0.4, 0.5) is 0 Å². The standard InChI is InChI=1S/C13H23NO3/c1-9(2)5-10(8-15)14-11(16)6-13(3,4)7-12(14)17/h9-10,15H,5-8H2,1-4H3. The lowest BCUT2D eigenvalue weighted by molar-refractivity contribution is -0.156. The quantitative estimate of drug-likeness (QED) is 0.760. The van der Waals surface area contributed by atoms with Gasteiger partial charge in [0.15, 0.2) is 0 Å². The maximum Gasteiger partial charge on any atom is 0.230 e. The van der Waals surface area contributed by atoms with Crippen molar-refractivity contribution in [2.24, 2.45) is 11.3 Å². The zero-order valence-electron chi connectivity index (χ0n) is 11.2. The number of amides is 2. The van der Waals surface area contributed by atoms with Gasteiger partial charge >= 0.3 is 0 Å². The first-order chi connectivity index (χ1) is 7.76. The minimum Gasteiger partial charge on any atom is -0.394 e. The van der Waals surface area contributed by atoms with Crippen LogP contribution in [0, 0.1) is 11.3 Å². The first kappa shape index (κ1) is 14.2. The van der Waals surface area contributed by atoms with E-state index in [9.17, 15) is 14.7 Å². The molecule has 0 aromatic heterocycles. The number of hydrogen-bond acceptors (Lipinski definition) is 3. The SMILES string of the molecule is CC(C)CC(CO)N1C(=O)CC(C)(C)CC1=O. The van der Waals surface area contributed by atoms with Crippen molar-refractivity contribution in [2.75, 3.05) is 6.61 Å². The molecule has 1 aliphatic rings. The van der Waals surface area contributed by atoms with E-state index in [1.54, 1.807) is 0 Å². The molecule has 0 aliphatic carbocycles. The number of aliphatic hydroxyl groups excluding tert-OH is 1. The van der Waals surface area contributed by atoms with E-state index in [1.165, 1.54) is 4.90 Å². The molecule has 0 aromatic carbocycles. The Balaban J connectivity index is 2.82. The number of aliphatic hydroxyl groups is 1. The summed E-state index contributed by atoms with van der Waals surface area (Å²) >= 11 is 0. The van der Waals surface area contributed by atoms with E-state index in [0.29, 0.717) is 25.2 Å². The smallest absolute Gasteiger partial charge is 0.230 e. The predicted octanol–water partition coefficient (Wildman–Crippen LogP) is 1.57. The molecular formula is C13H23NO3. The van der Waals surface area contributed by atoms with Gasteiger partial charge in [-0.15, -0.1) is 0 Å². The van der Waals surface area contributed by atoms with E-state index in [2.05, 4.69) is 0 Å². The van der Waals surface area contributed by atoms with Crippen molar-refractivity contribution >= 4 is 11.8 Å². The third-order valence-corrected chi connectivity index (χ3v) is 3.12. The van der Waals surface area contributed by atoms with Crippen LogP contribution in [0.5, 0.6) is 0 Å². The van der Waals surface area contributed by atoms with Crippen molar-refractivity contribution in [3.8, 4) is 0 Å². The molecule has 1 saturated heterocycles. The third kappa shape index (κ3) is 3.53. The highest BCUT2D eigenvalue weighted by Crippen LogP contribution is 2.33. The number of nitrogens with zero attached hydrogens (tertiary/aromatic N) is 1. The van der Waals surface area contributed by atoms with Crippen LogP contribution >= 0.6 is 0 Å². The summed E-state index contributed by atoms with van der Waals surface area (Å²) in [5.74, 6) is 0.0552. The first-order valence-corrected chi connectivity index (χ1v) is 6.22. The Morgan fingerprint density at radius 1 is 1.24 bits per heavy atom. The van der Waals surface area contributed by atoms with Gasteiger partial charge in [-0.2, -0.15) is 0 Å². The lowest BCUT2D eigenvalue weighted by Crippen LogP contribution is -2.52. The van der Waals surface area contributed by atoms with Crippen molar-refractivity contribution in [2.45, 2.75) is 53.0 Å². The molecule has 1 unspecified atom stereocenters. The highest BCUT2D eigenvalue weighted by Gasteiger charge is 2.40. The highest BCUT2D eigenvalue weighted by molar-refractivity contribution is 5.98. The van der Waals surface area contributed by atoms with Gasteiger partial charge < -0.3 is 5.11 Å². The maximum absolute atomic E-state index is 12.0. The van der Waals surface area contributed by atoms with Gasteiger partial charge in [0.1, 0.15) is 0 Å². The summed E-state index contributed by atoms with van der Waals surface area (Å²) < 4.78 is 0. The van der Waals surface area contributed by atoms with Gasteiger partial charge in [-0.25, -0.2) is 0 Å². The monoisotopic (exact) mass is 241 g/mol. The first-order valence-electron chi connectivity index (χ1n) is 6.22. The van der Waals surface area contributed by atoms with Gasteiger partial charge in [0, 0.05) is 12.8 Å². The fourth-order valence-corrected chi connectivity index (χ4v) is 2.40. The molecule has 4 nitrogen and oxygen atoms in total. The van der Waals surface area contributed by atoms with Crippen molar-refractivity contribution < 1.29 is 14.7 Å².